The number of carbonyl (C=O) groups is 2. The molecular weight excluding hydrogens is 312 g/mol. The fourth-order valence-corrected chi connectivity index (χ4v) is 2.64. The largest absolute Gasteiger partial charge is 0.337 e. The molecule has 0 aliphatic rings. The quantitative estimate of drug-likeness (QED) is 0.660. The fraction of sp³-hybridized carbons (Fsp3) is 0.333. The molecule has 0 aliphatic heterocycles. The first-order valence-corrected chi connectivity index (χ1v) is 8.63. The summed E-state index contributed by atoms with van der Waals surface area (Å²) in [5.74, 6) is 0.0207. The van der Waals surface area contributed by atoms with Gasteiger partial charge < -0.3 is 9.80 Å². The lowest BCUT2D eigenvalue weighted by molar-refractivity contribution is 0.0742. The summed E-state index contributed by atoms with van der Waals surface area (Å²) in [7, 11) is 4.01. The minimum Gasteiger partial charge on any atom is -0.337 e. The molecule has 2 rings (SSSR count). The zero-order valence-electron chi connectivity index (χ0n) is 15.0. The van der Waals surface area contributed by atoms with Crippen molar-refractivity contribution in [1.82, 2.24) is 9.80 Å². The highest BCUT2D eigenvalue weighted by atomic mass is 16.2. The smallest absolute Gasteiger partial charge is 0.253 e. The van der Waals surface area contributed by atoms with Crippen molar-refractivity contribution in [2.45, 2.75) is 12.8 Å². The highest BCUT2D eigenvalue weighted by Gasteiger charge is 2.15. The third-order valence-electron chi connectivity index (χ3n) is 4.13. The van der Waals surface area contributed by atoms with E-state index in [1.54, 1.807) is 24.3 Å². The van der Waals surface area contributed by atoms with Crippen molar-refractivity contribution in [3.05, 3.63) is 71.3 Å². The van der Waals surface area contributed by atoms with Crippen molar-refractivity contribution in [1.29, 1.82) is 0 Å². The van der Waals surface area contributed by atoms with E-state index in [2.05, 4.69) is 17.0 Å². The number of carbonyl (C=O) groups excluding carboxylic acids is 2. The molecule has 0 aliphatic carbocycles. The van der Waals surface area contributed by atoms with E-state index in [0.717, 1.165) is 32.2 Å². The van der Waals surface area contributed by atoms with Crippen LogP contribution in [0.15, 0.2) is 54.6 Å². The van der Waals surface area contributed by atoms with Crippen molar-refractivity contribution in [3.8, 4) is 0 Å². The summed E-state index contributed by atoms with van der Waals surface area (Å²) in [6.07, 6.45) is 2.67. The Morgan fingerprint density at radius 1 is 0.920 bits per heavy atom. The average Bonchev–Trinajstić information content (AvgIpc) is 2.64. The molecule has 0 saturated carbocycles. The summed E-state index contributed by atoms with van der Waals surface area (Å²) >= 11 is 0. The minimum atomic E-state index is 0.0207. The van der Waals surface area contributed by atoms with Gasteiger partial charge in [0.25, 0.3) is 5.91 Å². The molecule has 0 heterocycles. The van der Waals surface area contributed by atoms with Crippen molar-refractivity contribution >= 4 is 12.2 Å². The molecule has 2 aromatic carbocycles. The molecular formula is C21H26N2O2. The molecule has 4 heteroatoms. The predicted octanol–water partition coefficient (Wildman–Crippen LogP) is 3.14. The van der Waals surface area contributed by atoms with Crippen LogP contribution >= 0.6 is 0 Å². The van der Waals surface area contributed by atoms with Crippen LogP contribution in [0.25, 0.3) is 0 Å². The Hall–Kier alpha value is -2.46. The van der Waals surface area contributed by atoms with Crippen LogP contribution in [0.5, 0.6) is 0 Å². The third kappa shape index (κ3) is 6.16. The lowest BCUT2D eigenvalue weighted by atomic mass is 10.1. The minimum absolute atomic E-state index is 0.0207. The molecule has 25 heavy (non-hydrogen) atoms. The van der Waals surface area contributed by atoms with Gasteiger partial charge in [-0.15, -0.1) is 0 Å². The van der Waals surface area contributed by atoms with Crippen LogP contribution in [0.4, 0.5) is 0 Å². The number of hydrogen-bond donors (Lipinski definition) is 0. The first kappa shape index (κ1) is 18.9. The Morgan fingerprint density at radius 2 is 1.60 bits per heavy atom. The Balaban J connectivity index is 2.00. The van der Waals surface area contributed by atoms with E-state index in [1.165, 1.54) is 5.56 Å². The van der Waals surface area contributed by atoms with Crippen LogP contribution < -0.4 is 0 Å². The first-order chi connectivity index (χ1) is 12.1. The number of aryl methyl sites for hydroxylation is 1. The van der Waals surface area contributed by atoms with Crippen LogP contribution in [0.3, 0.4) is 0 Å². The van der Waals surface area contributed by atoms with Gasteiger partial charge in [0.05, 0.1) is 0 Å². The van der Waals surface area contributed by atoms with Gasteiger partial charge in [0.15, 0.2) is 0 Å². The molecule has 0 radical (unpaired) electrons. The Morgan fingerprint density at radius 3 is 2.20 bits per heavy atom. The van der Waals surface area contributed by atoms with Crippen molar-refractivity contribution < 1.29 is 9.59 Å². The lowest BCUT2D eigenvalue weighted by Gasteiger charge is -2.24. The molecule has 132 valence electrons. The number of likely N-dealkylation sites (N-methyl/N-ethyl adjacent to an activating group) is 1. The Labute approximate surface area is 150 Å². The molecule has 0 saturated heterocycles. The molecule has 0 spiro atoms. The normalized spacial score (nSPS) is 10.7. The summed E-state index contributed by atoms with van der Waals surface area (Å²) in [6, 6.07) is 17.2. The SMILES string of the molecule is CN(C)CCN(CCCc1ccccc1)C(=O)c1ccc(C=O)cc1. The van der Waals surface area contributed by atoms with Crippen LogP contribution in [0.2, 0.25) is 0 Å². The van der Waals surface area contributed by atoms with Gasteiger partial charge in [0.1, 0.15) is 6.29 Å². The lowest BCUT2D eigenvalue weighted by Crippen LogP contribution is -2.37. The molecule has 2 aromatic rings. The van der Waals surface area contributed by atoms with E-state index in [9.17, 15) is 9.59 Å². The van der Waals surface area contributed by atoms with Crippen LogP contribution in [0.1, 0.15) is 32.7 Å². The Bertz CT molecular complexity index is 666. The number of rotatable bonds is 9. The molecule has 0 aromatic heterocycles. The summed E-state index contributed by atoms with van der Waals surface area (Å²) in [5.41, 5.74) is 2.50. The topological polar surface area (TPSA) is 40.6 Å². The summed E-state index contributed by atoms with van der Waals surface area (Å²) in [6.45, 7) is 2.23. The molecule has 4 nitrogen and oxygen atoms in total. The molecule has 1 amide bonds. The van der Waals surface area contributed by atoms with Crippen molar-refractivity contribution in [2.75, 3.05) is 33.7 Å². The number of amides is 1. The zero-order chi connectivity index (χ0) is 18.1. The number of aldehydes is 1. The highest BCUT2D eigenvalue weighted by Crippen LogP contribution is 2.09. The molecule has 0 bridgehead atoms. The van der Waals surface area contributed by atoms with Gasteiger partial charge in [-0.05, 0) is 44.6 Å². The van der Waals surface area contributed by atoms with Gasteiger partial charge >= 0.3 is 0 Å². The van der Waals surface area contributed by atoms with E-state index >= 15 is 0 Å². The number of nitrogens with zero attached hydrogens (tertiary/aromatic N) is 2. The summed E-state index contributed by atoms with van der Waals surface area (Å²) < 4.78 is 0. The molecule has 0 unspecified atom stereocenters. The second kappa shape index (κ2) is 9.74. The van der Waals surface area contributed by atoms with Crippen molar-refractivity contribution in [3.63, 3.8) is 0 Å². The zero-order valence-corrected chi connectivity index (χ0v) is 15.0. The van der Waals surface area contributed by atoms with E-state index < -0.39 is 0 Å². The van der Waals surface area contributed by atoms with Crippen LogP contribution in [-0.2, 0) is 6.42 Å². The van der Waals surface area contributed by atoms with E-state index in [4.69, 9.17) is 0 Å². The average molecular weight is 338 g/mol. The van der Waals surface area contributed by atoms with Gasteiger partial charge in [-0.2, -0.15) is 0 Å². The van der Waals surface area contributed by atoms with E-state index in [0.29, 0.717) is 17.7 Å². The summed E-state index contributed by atoms with van der Waals surface area (Å²) in [5, 5.41) is 0. The van der Waals surface area contributed by atoms with Gasteiger partial charge in [-0.1, -0.05) is 42.5 Å². The van der Waals surface area contributed by atoms with E-state index in [-0.39, 0.29) is 5.91 Å². The second-order valence-electron chi connectivity index (χ2n) is 6.42. The molecule has 0 N–H and O–H groups in total. The predicted molar refractivity (Wildman–Crippen MR) is 101 cm³/mol. The fourth-order valence-electron chi connectivity index (χ4n) is 2.64. The highest BCUT2D eigenvalue weighted by molar-refractivity contribution is 5.94. The third-order valence-corrected chi connectivity index (χ3v) is 4.13. The van der Waals surface area contributed by atoms with E-state index in [1.807, 2.05) is 37.2 Å². The molecule has 0 fully saturated rings. The number of hydrogen-bond acceptors (Lipinski definition) is 3. The maximum absolute atomic E-state index is 12.8. The van der Waals surface area contributed by atoms with Gasteiger partial charge in [0, 0.05) is 30.8 Å². The van der Waals surface area contributed by atoms with Crippen molar-refractivity contribution in [2.24, 2.45) is 0 Å². The maximum Gasteiger partial charge on any atom is 0.253 e. The monoisotopic (exact) mass is 338 g/mol. The standard InChI is InChI=1S/C21H26N2O2/c1-22(2)15-16-23(14-6-9-18-7-4-3-5-8-18)21(25)20-12-10-19(17-24)11-13-20/h3-5,7-8,10-13,17H,6,9,14-16H2,1-2H3. The van der Waals surface area contributed by atoms with Gasteiger partial charge in [-0.3, -0.25) is 9.59 Å². The van der Waals surface area contributed by atoms with Gasteiger partial charge in [0.2, 0.25) is 0 Å². The Kier molecular flexibility index (Phi) is 7.36. The maximum atomic E-state index is 12.8. The van der Waals surface area contributed by atoms with Crippen LogP contribution in [-0.4, -0.2) is 55.7 Å². The van der Waals surface area contributed by atoms with Crippen LogP contribution in [0, 0.1) is 0 Å². The van der Waals surface area contributed by atoms with Gasteiger partial charge in [-0.25, -0.2) is 0 Å². The summed E-state index contributed by atoms with van der Waals surface area (Å²) in [4.78, 5) is 27.6. The first-order valence-electron chi connectivity index (χ1n) is 8.63. The second-order valence-corrected chi connectivity index (χ2v) is 6.42. The molecule has 0 atom stereocenters. The number of benzene rings is 2.